The number of aliphatic imine (C=N–C) groups is 1. The molecule has 0 spiro atoms. The molecular weight excluding hydrogens is 1370 g/mol. The third-order valence-electron chi connectivity index (χ3n) is 16.9. The van der Waals surface area contributed by atoms with Crippen molar-refractivity contribution in [1.82, 2.24) is 73.0 Å². The number of aromatic hydroxyl groups is 1. The number of imidazole rings is 1. The molecule has 0 radical (unpaired) electrons. The van der Waals surface area contributed by atoms with Crippen LogP contribution < -0.4 is 76.1 Å². The van der Waals surface area contributed by atoms with Crippen molar-refractivity contribution in [3.63, 3.8) is 0 Å². The molecule has 2 fully saturated rings. The van der Waals surface area contributed by atoms with Crippen molar-refractivity contribution in [2.45, 2.75) is 170 Å². The molecule has 0 aliphatic carbocycles. The van der Waals surface area contributed by atoms with Gasteiger partial charge in [0.25, 0.3) is 0 Å². The van der Waals surface area contributed by atoms with Crippen molar-refractivity contribution in [3.8, 4) is 5.75 Å². The van der Waals surface area contributed by atoms with Crippen molar-refractivity contribution in [2.75, 3.05) is 39.4 Å². The zero-order valence-corrected chi connectivity index (χ0v) is 57.2. The van der Waals surface area contributed by atoms with E-state index in [4.69, 9.17) is 27.7 Å². The van der Waals surface area contributed by atoms with Gasteiger partial charge >= 0.3 is 0 Å². The van der Waals surface area contributed by atoms with Gasteiger partial charge in [-0.3, -0.25) is 67.3 Å². The summed E-state index contributed by atoms with van der Waals surface area (Å²) in [7, 11) is 0. The van der Waals surface area contributed by atoms with Crippen molar-refractivity contribution in [2.24, 2.45) is 33.8 Å². The minimum atomic E-state index is -1.88. The van der Waals surface area contributed by atoms with Crippen LogP contribution in [0.25, 0.3) is 10.9 Å². The smallest absolute Gasteiger partial charge is 0.245 e. The van der Waals surface area contributed by atoms with Gasteiger partial charge in [0.05, 0.1) is 32.6 Å². The fraction of sp³-hybridized carbons (Fsp3) is 0.523. The third kappa shape index (κ3) is 25.3. The first-order valence-electron chi connectivity index (χ1n) is 33.5. The van der Waals surface area contributed by atoms with Crippen LogP contribution in [-0.2, 0) is 86.3 Å². The Labute approximate surface area is 595 Å². The van der Waals surface area contributed by atoms with Crippen LogP contribution in [-0.4, -0.2) is 252 Å². The number of H-pyrrole nitrogens is 2. The fourth-order valence-electron chi connectivity index (χ4n) is 11.5. The Balaban J connectivity index is 1.18. The maximum atomic E-state index is 14.7. The molecule has 0 bridgehead atoms. The molecule has 39 heteroatoms. The number of ether oxygens (including phenoxy) is 1. The Morgan fingerprint density at radius 2 is 1.25 bits per heavy atom. The SMILES string of the molecule is CC(C)C[C@H](NC(=O)CNC(=O)[C@H](Cc1ccc(O)cc1)NC(=O)[C@H](CO)NC(=O)[C@H](Cc1c[nH]c2ccccc12)NC(=O)[C@H](Cc1cnc[nH]1)NC(=O)[C@H](CCC(N)=O)NC(=O)CCC(=O)N[C@@H]1O[C@H](CO)[C@H](O)[C@H](O)[C@H]1O)C(=O)N[C@@H](CCCN=C(N)N)C(=O)N1CCC[C@H]1C(=O)NCC(N)=O. The number of primary amides is 2. The van der Waals surface area contributed by atoms with Gasteiger partial charge in [-0.1, -0.05) is 44.2 Å². The van der Waals surface area contributed by atoms with Gasteiger partial charge in [-0.25, -0.2) is 4.98 Å². The largest absolute Gasteiger partial charge is 0.508 e. The Morgan fingerprint density at radius 1 is 0.635 bits per heavy atom. The second-order valence-corrected chi connectivity index (χ2v) is 25.4. The Kier molecular flexibility index (Phi) is 31.7. The van der Waals surface area contributed by atoms with Crippen LogP contribution in [0, 0.1) is 5.92 Å². The normalized spacial score (nSPS) is 19.1. The number of aromatic amines is 2. The highest BCUT2D eigenvalue weighted by Gasteiger charge is 2.45. The summed E-state index contributed by atoms with van der Waals surface area (Å²) in [5.74, 6) is -12.5. The average molecular weight is 1460 g/mol. The van der Waals surface area contributed by atoms with E-state index in [1.54, 1.807) is 44.3 Å². The van der Waals surface area contributed by atoms with Gasteiger partial charge in [-0.2, -0.15) is 0 Å². The van der Waals surface area contributed by atoms with Crippen molar-refractivity contribution in [1.29, 1.82) is 0 Å². The predicted molar refractivity (Wildman–Crippen MR) is 366 cm³/mol. The fourth-order valence-corrected chi connectivity index (χ4v) is 11.5. The lowest BCUT2D eigenvalue weighted by Gasteiger charge is -2.40. The average Bonchev–Trinajstić information content (AvgIpc) is 1.38. The number of aliphatic hydroxyl groups is 5. The Hall–Kier alpha value is -10.9. The predicted octanol–water partition coefficient (Wildman–Crippen LogP) is -8.22. The van der Waals surface area contributed by atoms with E-state index in [9.17, 15) is 93.0 Å². The molecule has 2 aliphatic heterocycles. The number of nitrogens with two attached hydrogens (primary N) is 4. The minimum absolute atomic E-state index is 0.0162. The first kappa shape index (κ1) is 82.1. The van der Waals surface area contributed by atoms with Crippen molar-refractivity contribution < 1.29 is 97.7 Å². The summed E-state index contributed by atoms with van der Waals surface area (Å²) in [6, 6.07) is 0.377. The van der Waals surface area contributed by atoms with Crippen LogP contribution in [0.1, 0.15) is 88.5 Å². The maximum absolute atomic E-state index is 14.7. The third-order valence-corrected chi connectivity index (χ3v) is 16.9. The minimum Gasteiger partial charge on any atom is -0.508 e. The molecule has 13 atom stereocenters. The number of benzene rings is 2. The van der Waals surface area contributed by atoms with Crippen LogP contribution in [0.3, 0.4) is 0 Å². The molecule has 13 amide bonds. The van der Waals surface area contributed by atoms with E-state index in [0.29, 0.717) is 28.5 Å². The molecule has 2 saturated heterocycles. The molecule has 26 N–H and O–H groups in total. The number of guanidine groups is 1. The summed E-state index contributed by atoms with van der Waals surface area (Å²) in [6.07, 6.45) is -6.49. The number of carbonyl (C=O) groups excluding carboxylic acids is 13. The van der Waals surface area contributed by atoms with Gasteiger partial charge in [0.2, 0.25) is 76.8 Å². The summed E-state index contributed by atoms with van der Waals surface area (Å²) in [5.41, 5.74) is 23.3. The quantitative estimate of drug-likeness (QED) is 0.0112. The van der Waals surface area contributed by atoms with Crippen molar-refractivity contribution >= 4 is 93.7 Å². The number of aliphatic hydroxyl groups excluding tert-OH is 5. The first-order valence-corrected chi connectivity index (χ1v) is 33.5. The van der Waals surface area contributed by atoms with Crippen LogP contribution in [0.15, 0.2) is 72.2 Å². The molecule has 4 heterocycles. The first-order chi connectivity index (χ1) is 49.4. The van der Waals surface area contributed by atoms with Crippen LogP contribution in [0.5, 0.6) is 5.75 Å². The summed E-state index contributed by atoms with van der Waals surface area (Å²) in [4.78, 5) is 193. The molecule has 568 valence electrons. The highest BCUT2D eigenvalue weighted by molar-refractivity contribution is 5.99. The number of hydrogen-bond acceptors (Lipinski definition) is 22. The Morgan fingerprint density at radius 3 is 1.88 bits per heavy atom. The van der Waals surface area contributed by atoms with Crippen LogP contribution >= 0.6 is 0 Å². The zero-order valence-electron chi connectivity index (χ0n) is 57.2. The molecule has 4 aromatic rings. The van der Waals surface area contributed by atoms with E-state index in [2.05, 4.69) is 73.1 Å². The van der Waals surface area contributed by atoms with Crippen LogP contribution in [0.2, 0.25) is 0 Å². The molecule has 2 aliphatic rings. The molecule has 39 nitrogen and oxygen atoms in total. The molecule has 0 unspecified atom stereocenters. The van der Waals surface area contributed by atoms with Crippen LogP contribution in [0.4, 0.5) is 0 Å². The lowest BCUT2D eigenvalue weighted by molar-refractivity contribution is -0.236. The lowest BCUT2D eigenvalue weighted by atomic mass is 9.98. The van der Waals surface area contributed by atoms with E-state index >= 15 is 0 Å². The van der Waals surface area contributed by atoms with Crippen molar-refractivity contribution in [3.05, 3.63) is 84.1 Å². The van der Waals surface area contributed by atoms with Gasteiger partial charge < -0.3 is 126 Å². The second-order valence-electron chi connectivity index (χ2n) is 25.4. The van der Waals surface area contributed by atoms with E-state index in [-0.39, 0.29) is 81.4 Å². The van der Waals surface area contributed by atoms with Gasteiger partial charge in [0, 0.05) is 80.6 Å². The number of nitrogens with zero attached hydrogens (tertiary/aromatic N) is 3. The standard InChI is InChI=1S/C65H93N19O20/c1-32(2)21-41(58(98)78-40(9-5-19-71-65(68)69)64(103)84-20-6-10-46(84)62(102)73-27-49(67)89)77-52(92)28-74-56(96)42(22-33-11-13-36(87)14-12-33)79-61(101)45(29-85)82-59(99)43(23-34-25-72-38-8-4-3-7-37(34)38)80-60(100)44(24-35-26-70-31-75-35)81-57(97)39(15-16-48(66)88)76-50(90)17-18-51(91)83-63-55(95)54(94)53(93)47(30-86)104-63/h3-4,7-8,11-14,25-26,31-32,39-47,53-55,63,72,85-87,93-95H,5-6,9-10,15-24,27-30H2,1-2H3,(H2,66,88)(H2,67,89)(H,70,75)(H,73,102)(H,74,96)(H,76,90)(H,77,92)(H,78,98)(H,79,101)(H,80,100)(H,81,97)(H,82,99)(H,83,91)(H4,68,69,71)/t39-,40-,41-,42-,43-,44-,45-,46-,47+,53-,54-,55+,63+/m0/s1. The molecule has 104 heavy (non-hydrogen) atoms. The highest BCUT2D eigenvalue weighted by Crippen LogP contribution is 2.23. The molecule has 0 saturated carbocycles. The number of aromatic nitrogens is 3. The van der Waals surface area contributed by atoms with E-state index < -0.39 is 208 Å². The zero-order chi connectivity index (χ0) is 76.3. The van der Waals surface area contributed by atoms with Gasteiger partial charge in [-0.05, 0) is 73.8 Å². The van der Waals surface area contributed by atoms with Gasteiger partial charge in [0.15, 0.2) is 12.2 Å². The summed E-state index contributed by atoms with van der Waals surface area (Å²) < 4.78 is 5.29. The number of phenols is 1. The molecule has 2 aromatic carbocycles. The Bertz CT molecular complexity index is 3660. The maximum Gasteiger partial charge on any atom is 0.245 e. The van der Waals surface area contributed by atoms with Gasteiger partial charge in [-0.15, -0.1) is 0 Å². The van der Waals surface area contributed by atoms with E-state index in [1.165, 1.54) is 41.7 Å². The van der Waals surface area contributed by atoms with E-state index in [0.717, 1.165) is 0 Å². The molecule has 6 rings (SSSR count). The number of likely N-dealkylation sites (tertiary alicyclic amines) is 1. The van der Waals surface area contributed by atoms with Gasteiger partial charge in [0.1, 0.15) is 78.5 Å². The number of nitrogens with one attached hydrogen (secondary N) is 12. The molecular formula is C65H93N19O20. The number of hydrogen-bond donors (Lipinski definition) is 22. The van der Waals surface area contributed by atoms with E-state index in [1.807, 2.05) is 0 Å². The topological polar surface area (TPSA) is 637 Å². The lowest BCUT2D eigenvalue weighted by Crippen LogP contribution is -2.63. The number of fused-ring (bicyclic) bond motifs is 1. The summed E-state index contributed by atoms with van der Waals surface area (Å²) >= 11 is 0. The monoisotopic (exact) mass is 1460 g/mol. The highest BCUT2D eigenvalue weighted by atomic mass is 16.6. The number of rotatable bonds is 40. The summed E-state index contributed by atoms with van der Waals surface area (Å²) in [5, 5.41) is 86.4. The number of amides is 13. The number of phenolic OH excluding ortho intramolecular Hbond substituents is 1. The number of carbonyl (C=O) groups is 13. The second kappa shape index (κ2) is 40.1. The molecule has 2 aromatic heterocycles. The number of para-hydroxylation sites is 1. The summed E-state index contributed by atoms with van der Waals surface area (Å²) in [6.45, 7) is 0.522.